The summed E-state index contributed by atoms with van der Waals surface area (Å²) in [5, 5.41) is 3.46. The average Bonchev–Trinajstić information content (AvgIpc) is 2.91. The molecule has 4 heteroatoms. The molecule has 18 heavy (non-hydrogen) atoms. The summed E-state index contributed by atoms with van der Waals surface area (Å²) in [6.07, 6.45) is 8.10. The number of nitrogens with zero attached hydrogens (tertiary/aromatic N) is 1. The van der Waals surface area contributed by atoms with E-state index in [-0.39, 0.29) is 5.97 Å². The zero-order valence-electron chi connectivity index (χ0n) is 11.0. The fourth-order valence-electron chi connectivity index (χ4n) is 2.63. The molecule has 1 aliphatic rings. The third-order valence-electron chi connectivity index (χ3n) is 3.70. The molecule has 98 valence electrons. The number of esters is 1. The van der Waals surface area contributed by atoms with Crippen LogP contribution in [0.5, 0.6) is 0 Å². The molecule has 1 aliphatic carbocycles. The number of carbonyl (C=O) groups excluding carboxylic acids is 1. The normalized spacial score (nSPS) is 19.4. The van der Waals surface area contributed by atoms with Crippen molar-refractivity contribution < 1.29 is 9.53 Å². The summed E-state index contributed by atoms with van der Waals surface area (Å²) in [5.41, 5.74) is 0.114. The topological polar surface area (TPSA) is 51.2 Å². The second kappa shape index (κ2) is 5.48. The van der Waals surface area contributed by atoms with Gasteiger partial charge in [0.1, 0.15) is 5.54 Å². The fraction of sp³-hybridized carbons (Fsp3) is 0.571. The lowest BCUT2D eigenvalue weighted by atomic mass is 9.91. The smallest absolute Gasteiger partial charge is 0.330 e. The Bertz CT molecular complexity index is 402. The van der Waals surface area contributed by atoms with Crippen LogP contribution in [-0.2, 0) is 15.1 Å². The monoisotopic (exact) mass is 248 g/mol. The second-order valence-corrected chi connectivity index (χ2v) is 4.98. The van der Waals surface area contributed by atoms with Crippen LogP contribution in [0.3, 0.4) is 0 Å². The van der Waals surface area contributed by atoms with Crippen molar-refractivity contribution in [1.29, 1.82) is 0 Å². The van der Waals surface area contributed by atoms with Crippen LogP contribution in [-0.4, -0.2) is 24.1 Å². The minimum Gasteiger partial charge on any atom is -0.467 e. The Morgan fingerprint density at radius 1 is 1.39 bits per heavy atom. The Labute approximate surface area is 108 Å². The number of nitrogens with one attached hydrogen (secondary N) is 1. The summed E-state index contributed by atoms with van der Waals surface area (Å²) in [6.45, 7) is 1.88. The summed E-state index contributed by atoms with van der Waals surface area (Å²) in [7, 11) is 1.43. The van der Waals surface area contributed by atoms with E-state index in [1.54, 1.807) is 12.4 Å². The molecule has 0 aromatic carbocycles. The lowest BCUT2D eigenvalue weighted by Gasteiger charge is -2.31. The van der Waals surface area contributed by atoms with Crippen LogP contribution in [0.4, 0.5) is 0 Å². The molecule has 1 aromatic rings. The summed E-state index contributed by atoms with van der Waals surface area (Å²) in [4.78, 5) is 16.1. The number of carbonyl (C=O) groups is 1. The number of hydrogen-bond acceptors (Lipinski definition) is 4. The maximum Gasteiger partial charge on any atom is 0.330 e. The summed E-state index contributed by atoms with van der Waals surface area (Å²) >= 11 is 0. The first-order valence-electron chi connectivity index (χ1n) is 6.43. The van der Waals surface area contributed by atoms with E-state index in [0.717, 1.165) is 18.4 Å². The fourth-order valence-corrected chi connectivity index (χ4v) is 2.63. The van der Waals surface area contributed by atoms with Crippen LogP contribution in [0.2, 0.25) is 0 Å². The van der Waals surface area contributed by atoms with Gasteiger partial charge in [-0.1, -0.05) is 12.8 Å². The highest BCUT2D eigenvalue weighted by Gasteiger charge is 2.38. The van der Waals surface area contributed by atoms with E-state index in [0.29, 0.717) is 6.04 Å². The Kier molecular flexibility index (Phi) is 3.97. The van der Waals surface area contributed by atoms with Gasteiger partial charge >= 0.3 is 5.97 Å². The lowest BCUT2D eigenvalue weighted by molar-refractivity contribution is -0.148. The first-order chi connectivity index (χ1) is 8.66. The highest BCUT2D eigenvalue weighted by Crippen LogP contribution is 2.27. The molecular formula is C14H20N2O2. The van der Waals surface area contributed by atoms with E-state index in [9.17, 15) is 4.79 Å². The average molecular weight is 248 g/mol. The van der Waals surface area contributed by atoms with Crippen LogP contribution >= 0.6 is 0 Å². The van der Waals surface area contributed by atoms with Crippen LogP contribution in [0.15, 0.2) is 24.5 Å². The molecular weight excluding hydrogens is 228 g/mol. The van der Waals surface area contributed by atoms with Crippen molar-refractivity contribution >= 4 is 5.97 Å². The maximum absolute atomic E-state index is 12.1. The zero-order chi connectivity index (χ0) is 13.0. The van der Waals surface area contributed by atoms with E-state index in [1.807, 2.05) is 19.1 Å². The van der Waals surface area contributed by atoms with Crippen molar-refractivity contribution in [2.75, 3.05) is 7.11 Å². The van der Waals surface area contributed by atoms with E-state index in [2.05, 4.69) is 10.3 Å². The molecule has 1 saturated carbocycles. The van der Waals surface area contributed by atoms with Gasteiger partial charge in [-0.05, 0) is 37.5 Å². The lowest BCUT2D eigenvalue weighted by Crippen LogP contribution is -2.51. The van der Waals surface area contributed by atoms with Gasteiger partial charge in [0.05, 0.1) is 7.11 Å². The van der Waals surface area contributed by atoms with Crippen molar-refractivity contribution in [3.05, 3.63) is 30.1 Å². The number of ether oxygens (including phenoxy) is 1. The molecule has 1 heterocycles. The van der Waals surface area contributed by atoms with E-state index in [4.69, 9.17) is 4.74 Å². The third kappa shape index (κ3) is 2.53. The highest BCUT2D eigenvalue weighted by atomic mass is 16.5. The number of methoxy groups -OCH3 is 1. The van der Waals surface area contributed by atoms with Crippen molar-refractivity contribution in [3.63, 3.8) is 0 Å². The molecule has 0 amide bonds. The number of hydrogen-bond donors (Lipinski definition) is 1. The molecule has 0 aliphatic heterocycles. The van der Waals surface area contributed by atoms with Gasteiger partial charge in [0.25, 0.3) is 0 Å². The van der Waals surface area contributed by atoms with Crippen LogP contribution in [0, 0.1) is 0 Å². The van der Waals surface area contributed by atoms with Gasteiger partial charge in [0.2, 0.25) is 0 Å². The van der Waals surface area contributed by atoms with Crippen molar-refractivity contribution in [2.24, 2.45) is 0 Å². The zero-order valence-corrected chi connectivity index (χ0v) is 11.0. The van der Waals surface area contributed by atoms with Gasteiger partial charge in [-0.25, -0.2) is 4.79 Å². The molecule has 1 N–H and O–H groups in total. The molecule has 1 fully saturated rings. The molecule has 0 bridgehead atoms. The van der Waals surface area contributed by atoms with E-state index < -0.39 is 5.54 Å². The molecule has 2 rings (SSSR count). The Hall–Kier alpha value is -1.42. The van der Waals surface area contributed by atoms with E-state index >= 15 is 0 Å². The Morgan fingerprint density at radius 3 is 2.56 bits per heavy atom. The summed E-state index contributed by atoms with van der Waals surface area (Å²) < 4.78 is 4.96. The standard InChI is InChI=1S/C14H20N2O2/c1-14(13(17)18-2,11-7-9-15-10-8-11)16-12-5-3-4-6-12/h7-10,12,16H,3-6H2,1-2H3. The van der Waals surface area contributed by atoms with Crippen LogP contribution in [0.25, 0.3) is 0 Å². The Morgan fingerprint density at radius 2 is 2.00 bits per heavy atom. The minimum atomic E-state index is -0.785. The van der Waals surface area contributed by atoms with Gasteiger partial charge in [-0.2, -0.15) is 0 Å². The molecule has 1 atom stereocenters. The second-order valence-electron chi connectivity index (χ2n) is 4.98. The molecule has 0 radical (unpaired) electrons. The number of aromatic nitrogens is 1. The van der Waals surface area contributed by atoms with Crippen molar-refractivity contribution in [2.45, 2.75) is 44.2 Å². The first kappa shape index (κ1) is 13.0. The maximum atomic E-state index is 12.1. The van der Waals surface area contributed by atoms with Gasteiger partial charge in [0, 0.05) is 18.4 Å². The highest BCUT2D eigenvalue weighted by molar-refractivity contribution is 5.82. The first-order valence-corrected chi connectivity index (χ1v) is 6.43. The predicted octanol–water partition coefficient (Wildman–Crippen LogP) is 2.00. The Balaban J connectivity index is 2.25. The quantitative estimate of drug-likeness (QED) is 0.828. The molecule has 1 unspecified atom stereocenters. The van der Waals surface area contributed by atoms with E-state index in [1.165, 1.54) is 20.0 Å². The van der Waals surface area contributed by atoms with Crippen molar-refractivity contribution in [1.82, 2.24) is 10.3 Å². The number of pyridine rings is 1. The summed E-state index contributed by atoms with van der Waals surface area (Å²) in [5.74, 6) is -0.249. The molecule has 1 aromatic heterocycles. The summed E-state index contributed by atoms with van der Waals surface area (Å²) in [6, 6.07) is 4.11. The number of rotatable bonds is 4. The molecule has 0 saturated heterocycles. The SMILES string of the molecule is COC(=O)C(C)(NC1CCCC1)c1ccncc1. The van der Waals surface area contributed by atoms with Crippen molar-refractivity contribution in [3.8, 4) is 0 Å². The predicted molar refractivity (Wildman–Crippen MR) is 69.0 cm³/mol. The minimum absolute atomic E-state index is 0.249. The van der Waals surface area contributed by atoms with Gasteiger partial charge < -0.3 is 4.74 Å². The van der Waals surface area contributed by atoms with Gasteiger partial charge in [-0.3, -0.25) is 10.3 Å². The molecule has 0 spiro atoms. The largest absolute Gasteiger partial charge is 0.467 e. The van der Waals surface area contributed by atoms with Gasteiger partial charge in [0.15, 0.2) is 0 Å². The third-order valence-corrected chi connectivity index (χ3v) is 3.70. The van der Waals surface area contributed by atoms with Crippen LogP contribution < -0.4 is 5.32 Å². The van der Waals surface area contributed by atoms with Crippen LogP contribution in [0.1, 0.15) is 38.2 Å². The van der Waals surface area contributed by atoms with Gasteiger partial charge in [-0.15, -0.1) is 0 Å². The molecule has 4 nitrogen and oxygen atoms in total.